The number of piperazine rings is 1. The van der Waals surface area contributed by atoms with Gasteiger partial charge in [-0.3, -0.25) is 4.90 Å². The fourth-order valence-corrected chi connectivity index (χ4v) is 3.09. The minimum Gasteiger partial charge on any atom is -0.376 e. The van der Waals surface area contributed by atoms with Gasteiger partial charge in [-0.25, -0.2) is 0 Å². The molecule has 3 nitrogen and oxygen atoms in total. The molecule has 0 amide bonds. The summed E-state index contributed by atoms with van der Waals surface area (Å²) in [7, 11) is 0. The van der Waals surface area contributed by atoms with Crippen molar-refractivity contribution < 1.29 is 4.74 Å². The summed E-state index contributed by atoms with van der Waals surface area (Å²) < 4.78 is 5.54. The van der Waals surface area contributed by atoms with E-state index in [1.165, 1.54) is 25.8 Å². The minimum atomic E-state index is 0.337. The Kier molecular flexibility index (Phi) is 4.82. The van der Waals surface area contributed by atoms with Crippen molar-refractivity contribution in [2.24, 2.45) is 5.92 Å². The third-order valence-corrected chi connectivity index (χ3v) is 4.50. The molecule has 2 rings (SSSR count). The average molecular weight is 252 g/mol. The minimum absolute atomic E-state index is 0.337. The van der Waals surface area contributed by atoms with Gasteiger partial charge in [-0.05, 0) is 32.1 Å². The normalized spacial score (nSPS) is 33.6. The zero-order valence-electron chi connectivity index (χ0n) is 12.0. The van der Waals surface area contributed by atoms with Crippen molar-refractivity contribution in [3.8, 4) is 0 Å². The van der Waals surface area contributed by atoms with Crippen LogP contribution >= 0.6 is 0 Å². The maximum atomic E-state index is 5.54. The third kappa shape index (κ3) is 3.34. The molecular weight excluding hydrogens is 224 g/mol. The number of rotatable bonds is 7. The zero-order chi connectivity index (χ0) is 13.0. The van der Waals surface area contributed by atoms with Crippen LogP contribution in [-0.2, 0) is 4.74 Å². The van der Waals surface area contributed by atoms with Crippen LogP contribution in [-0.4, -0.2) is 49.3 Å². The smallest absolute Gasteiger partial charge is 0.0645 e. The number of hydrogen-bond acceptors (Lipinski definition) is 3. The summed E-state index contributed by atoms with van der Waals surface area (Å²) in [6.07, 6.45) is 5.85. The summed E-state index contributed by atoms with van der Waals surface area (Å²) in [4.78, 5) is 2.62. The van der Waals surface area contributed by atoms with Crippen LogP contribution in [0.2, 0.25) is 0 Å². The molecule has 0 aromatic rings. The lowest BCUT2D eigenvalue weighted by Gasteiger charge is -2.46. The van der Waals surface area contributed by atoms with Gasteiger partial charge < -0.3 is 10.1 Å². The second kappa shape index (κ2) is 6.18. The molecule has 2 fully saturated rings. The quantitative estimate of drug-likeness (QED) is 0.554. The Bertz CT molecular complexity index is 278. The monoisotopic (exact) mass is 252 g/mol. The van der Waals surface area contributed by atoms with Gasteiger partial charge >= 0.3 is 0 Å². The van der Waals surface area contributed by atoms with Gasteiger partial charge in [0, 0.05) is 31.2 Å². The van der Waals surface area contributed by atoms with Crippen molar-refractivity contribution in [1.29, 1.82) is 0 Å². The van der Waals surface area contributed by atoms with Crippen LogP contribution < -0.4 is 5.32 Å². The van der Waals surface area contributed by atoms with Crippen LogP contribution in [0.25, 0.3) is 0 Å². The summed E-state index contributed by atoms with van der Waals surface area (Å²) in [5.74, 6) is 0.895. The predicted octanol–water partition coefficient (Wildman–Crippen LogP) is 2.04. The van der Waals surface area contributed by atoms with Gasteiger partial charge in [0.05, 0.1) is 13.2 Å². The molecule has 1 heterocycles. The summed E-state index contributed by atoms with van der Waals surface area (Å²) in [6.45, 7) is 13.2. The summed E-state index contributed by atoms with van der Waals surface area (Å²) in [5, 5.41) is 3.79. The van der Waals surface area contributed by atoms with E-state index in [0.717, 1.165) is 25.6 Å². The van der Waals surface area contributed by atoms with E-state index in [2.05, 4.69) is 30.6 Å². The molecule has 0 radical (unpaired) electrons. The first-order chi connectivity index (χ1) is 8.69. The fraction of sp³-hybridized carbons (Fsp3) is 0.867. The van der Waals surface area contributed by atoms with Crippen LogP contribution in [0.5, 0.6) is 0 Å². The molecule has 1 saturated carbocycles. The van der Waals surface area contributed by atoms with E-state index in [1.807, 2.05) is 6.08 Å². The molecule has 0 aromatic heterocycles. The molecule has 3 heteroatoms. The van der Waals surface area contributed by atoms with E-state index in [0.29, 0.717) is 18.2 Å². The van der Waals surface area contributed by atoms with E-state index in [4.69, 9.17) is 4.74 Å². The first-order valence-corrected chi connectivity index (χ1v) is 7.37. The Morgan fingerprint density at radius 1 is 1.50 bits per heavy atom. The average Bonchev–Trinajstić information content (AvgIpc) is 3.19. The van der Waals surface area contributed by atoms with Gasteiger partial charge in [0.15, 0.2) is 0 Å². The molecule has 1 aliphatic heterocycles. The second-order valence-electron chi connectivity index (χ2n) is 5.97. The Morgan fingerprint density at radius 2 is 2.28 bits per heavy atom. The lowest BCUT2D eigenvalue weighted by Crippen LogP contribution is -2.64. The molecule has 0 spiro atoms. The first kappa shape index (κ1) is 14.0. The van der Waals surface area contributed by atoms with Gasteiger partial charge in [0.2, 0.25) is 0 Å². The number of nitrogens with one attached hydrogen (secondary N) is 1. The number of hydrogen-bond donors (Lipinski definition) is 1. The summed E-state index contributed by atoms with van der Waals surface area (Å²) in [5.41, 5.74) is 0.337. The second-order valence-corrected chi connectivity index (χ2v) is 5.97. The number of nitrogens with zero attached hydrogens (tertiary/aromatic N) is 1. The van der Waals surface area contributed by atoms with E-state index in [9.17, 15) is 0 Å². The van der Waals surface area contributed by atoms with Crippen LogP contribution in [0, 0.1) is 5.92 Å². The summed E-state index contributed by atoms with van der Waals surface area (Å²) in [6, 6.07) is 0.671. The topological polar surface area (TPSA) is 24.5 Å². The lowest BCUT2D eigenvalue weighted by molar-refractivity contribution is 0.0430. The SMILES string of the molecule is C=CCOCCN1CC(C)(C2CC2)NCC1CC. The van der Waals surface area contributed by atoms with Crippen molar-refractivity contribution >= 4 is 0 Å². The molecule has 1 N–H and O–H groups in total. The van der Waals surface area contributed by atoms with Crippen LogP contribution in [0.3, 0.4) is 0 Å². The van der Waals surface area contributed by atoms with Gasteiger partial charge in [0.1, 0.15) is 0 Å². The molecule has 0 bridgehead atoms. The Morgan fingerprint density at radius 3 is 2.89 bits per heavy atom. The highest BCUT2D eigenvalue weighted by molar-refractivity contribution is 5.03. The van der Waals surface area contributed by atoms with Gasteiger partial charge in [0.25, 0.3) is 0 Å². The van der Waals surface area contributed by atoms with Crippen molar-refractivity contribution in [2.75, 3.05) is 32.8 Å². The Balaban J connectivity index is 1.84. The molecule has 0 aromatic carbocycles. The lowest BCUT2D eigenvalue weighted by atomic mass is 9.90. The van der Waals surface area contributed by atoms with Gasteiger partial charge in [-0.15, -0.1) is 6.58 Å². The predicted molar refractivity (Wildman–Crippen MR) is 75.8 cm³/mol. The molecule has 2 unspecified atom stereocenters. The first-order valence-electron chi connectivity index (χ1n) is 7.37. The largest absolute Gasteiger partial charge is 0.376 e. The Labute approximate surface area is 112 Å². The highest BCUT2D eigenvalue weighted by Crippen LogP contribution is 2.41. The van der Waals surface area contributed by atoms with Crippen molar-refractivity contribution in [3.05, 3.63) is 12.7 Å². The maximum Gasteiger partial charge on any atom is 0.0645 e. The third-order valence-electron chi connectivity index (χ3n) is 4.50. The van der Waals surface area contributed by atoms with Crippen LogP contribution in [0.15, 0.2) is 12.7 Å². The molecular formula is C15H28N2O. The van der Waals surface area contributed by atoms with Crippen LogP contribution in [0.4, 0.5) is 0 Å². The van der Waals surface area contributed by atoms with E-state index in [-0.39, 0.29) is 0 Å². The molecule has 104 valence electrons. The fourth-order valence-electron chi connectivity index (χ4n) is 3.09. The molecule has 1 saturated heterocycles. The van der Waals surface area contributed by atoms with E-state index in [1.54, 1.807) is 0 Å². The zero-order valence-corrected chi connectivity index (χ0v) is 12.0. The Hall–Kier alpha value is -0.380. The molecule has 2 atom stereocenters. The van der Waals surface area contributed by atoms with Crippen molar-refractivity contribution in [1.82, 2.24) is 10.2 Å². The van der Waals surface area contributed by atoms with E-state index >= 15 is 0 Å². The van der Waals surface area contributed by atoms with Gasteiger partial charge in [-0.1, -0.05) is 13.0 Å². The van der Waals surface area contributed by atoms with Crippen molar-refractivity contribution in [3.63, 3.8) is 0 Å². The standard InChI is InChI=1S/C15H28N2O/c1-4-9-18-10-8-17-12-15(3,13-6-7-13)16-11-14(17)5-2/h4,13-14,16H,1,5-12H2,2-3H3. The molecule has 2 aliphatic rings. The molecule has 1 aliphatic carbocycles. The highest BCUT2D eigenvalue weighted by Gasteiger charge is 2.45. The summed E-state index contributed by atoms with van der Waals surface area (Å²) >= 11 is 0. The van der Waals surface area contributed by atoms with Crippen molar-refractivity contribution in [2.45, 2.75) is 44.7 Å². The maximum absolute atomic E-state index is 5.54. The highest BCUT2D eigenvalue weighted by atomic mass is 16.5. The van der Waals surface area contributed by atoms with E-state index < -0.39 is 0 Å². The van der Waals surface area contributed by atoms with Gasteiger partial charge in [-0.2, -0.15) is 0 Å². The number of ether oxygens (including phenoxy) is 1. The molecule has 18 heavy (non-hydrogen) atoms. The van der Waals surface area contributed by atoms with Crippen LogP contribution in [0.1, 0.15) is 33.1 Å².